The van der Waals surface area contributed by atoms with Crippen LogP contribution in [0.15, 0.2) is 24.3 Å². The number of ether oxygens (including phenoxy) is 2. The Labute approximate surface area is 121 Å². The van der Waals surface area contributed by atoms with Gasteiger partial charge in [0.1, 0.15) is 5.75 Å². The summed E-state index contributed by atoms with van der Waals surface area (Å²) in [5.41, 5.74) is 1.77. The number of benzene rings is 1. The van der Waals surface area contributed by atoms with Gasteiger partial charge in [-0.05, 0) is 43.9 Å². The average Bonchev–Trinajstić information content (AvgIpc) is 2.41. The minimum absolute atomic E-state index is 0.447. The van der Waals surface area contributed by atoms with Crippen LogP contribution in [0.2, 0.25) is 0 Å². The van der Waals surface area contributed by atoms with Gasteiger partial charge < -0.3 is 14.8 Å². The Bertz CT molecular complexity index is 439. The Kier molecular flexibility index (Phi) is 3.99. The number of methoxy groups -OCH3 is 1. The van der Waals surface area contributed by atoms with Crippen LogP contribution in [0.3, 0.4) is 0 Å². The van der Waals surface area contributed by atoms with Gasteiger partial charge in [0.2, 0.25) is 0 Å². The molecular weight excluding hydrogens is 250 g/mol. The van der Waals surface area contributed by atoms with Crippen molar-refractivity contribution in [2.75, 3.05) is 13.7 Å². The van der Waals surface area contributed by atoms with Crippen molar-refractivity contribution in [3.05, 3.63) is 29.8 Å². The van der Waals surface area contributed by atoms with Gasteiger partial charge in [0.15, 0.2) is 0 Å². The van der Waals surface area contributed by atoms with Crippen molar-refractivity contribution in [1.29, 1.82) is 0 Å². The Morgan fingerprint density at radius 1 is 1.25 bits per heavy atom. The Morgan fingerprint density at radius 3 is 2.55 bits per heavy atom. The monoisotopic (exact) mass is 275 g/mol. The van der Waals surface area contributed by atoms with Crippen molar-refractivity contribution in [3.63, 3.8) is 0 Å². The fraction of sp³-hybridized carbons (Fsp3) is 0.647. The summed E-state index contributed by atoms with van der Waals surface area (Å²) in [5, 5.41) is 3.73. The van der Waals surface area contributed by atoms with Gasteiger partial charge in [0, 0.05) is 24.6 Å². The summed E-state index contributed by atoms with van der Waals surface area (Å²) in [6.07, 6.45) is 5.69. The molecule has 3 heteroatoms. The lowest BCUT2D eigenvalue weighted by molar-refractivity contribution is -0.173. The number of rotatable bonds is 6. The SMILES string of the molecule is CCOC1CC(NCc2ccc(OC)cc2)C12CCC2. The van der Waals surface area contributed by atoms with Gasteiger partial charge in [-0.2, -0.15) is 0 Å². The first-order valence-corrected chi connectivity index (χ1v) is 7.76. The van der Waals surface area contributed by atoms with E-state index >= 15 is 0 Å². The van der Waals surface area contributed by atoms with Gasteiger partial charge in [0.05, 0.1) is 13.2 Å². The molecule has 2 unspecified atom stereocenters. The maximum absolute atomic E-state index is 5.89. The van der Waals surface area contributed by atoms with Gasteiger partial charge in [-0.15, -0.1) is 0 Å². The molecule has 0 amide bonds. The molecular formula is C17H25NO2. The lowest BCUT2D eigenvalue weighted by atomic mass is 9.51. The van der Waals surface area contributed by atoms with E-state index in [1.54, 1.807) is 7.11 Å². The Morgan fingerprint density at radius 2 is 2.00 bits per heavy atom. The van der Waals surface area contributed by atoms with E-state index in [0.29, 0.717) is 17.6 Å². The summed E-state index contributed by atoms with van der Waals surface area (Å²) in [7, 11) is 1.70. The molecule has 2 aliphatic rings. The number of hydrogen-bond donors (Lipinski definition) is 1. The molecule has 2 fully saturated rings. The van der Waals surface area contributed by atoms with Crippen LogP contribution in [0, 0.1) is 5.41 Å². The lowest BCUT2D eigenvalue weighted by Gasteiger charge is -2.61. The van der Waals surface area contributed by atoms with Crippen LogP contribution >= 0.6 is 0 Å². The molecule has 1 aromatic carbocycles. The van der Waals surface area contributed by atoms with Gasteiger partial charge in [-0.1, -0.05) is 18.6 Å². The largest absolute Gasteiger partial charge is 0.497 e. The zero-order valence-electron chi connectivity index (χ0n) is 12.5. The van der Waals surface area contributed by atoms with Crippen LogP contribution in [-0.2, 0) is 11.3 Å². The molecule has 0 saturated heterocycles. The molecule has 0 radical (unpaired) electrons. The average molecular weight is 275 g/mol. The molecule has 0 heterocycles. The van der Waals surface area contributed by atoms with Gasteiger partial charge in [0.25, 0.3) is 0 Å². The van der Waals surface area contributed by atoms with Crippen LogP contribution in [0.25, 0.3) is 0 Å². The van der Waals surface area contributed by atoms with Crippen LogP contribution in [0.4, 0.5) is 0 Å². The third kappa shape index (κ3) is 2.33. The summed E-state index contributed by atoms with van der Waals surface area (Å²) < 4.78 is 11.1. The maximum atomic E-state index is 5.89. The smallest absolute Gasteiger partial charge is 0.118 e. The van der Waals surface area contributed by atoms with Crippen molar-refractivity contribution in [1.82, 2.24) is 5.32 Å². The van der Waals surface area contributed by atoms with Crippen molar-refractivity contribution in [2.24, 2.45) is 5.41 Å². The standard InChI is InChI=1S/C17H25NO2/c1-3-20-16-11-15(17(16)9-4-10-17)18-12-13-5-7-14(19-2)8-6-13/h5-8,15-16,18H,3-4,9-12H2,1-2H3. The number of nitrogens with one attached hydrogen (secondary N) is 1. The summed E-state index contributed by atoms with van der Waals surface area (Å²) in [5.74, 6) is 0.921. The van der Waals surface area contributed by atoms with E-state index in [1.165, 1.54) is 31.2 Å². The first kappa shape index (κ1) is 13.9. The van der Waals surface area contributed by atoms with Crippen molar-refractivity contribution < 1.29 is 9.47 Å². The molecule has 2 atom stereocenters. The molecule has 2 aliphatic carbocycles. The van der Waals surface area contributed by atoms with Crippen molar-refractivity contribution >= 4 is 0 Å². The second kappa shape index (κ2) is 5.74. The quantitative estimate of drug-likeness (QED) is 0.865. The van der Waals surface area contributed by atoms with Gasteiger partial charge >= 0.3 is 0 Å². The molecule has 3 rings (SSSR count). The molecule has 20 heavy (non-hydrogen) atoms. The second-order valence-corrected chi connectivity index (χ2v) is 6.05. The fourth-order valence-corrected chi connectivity index (χ4v) is 3.71. The molecule has 110 valence electrons. The molecule has 0 aliphatic heterocycles. The zero-order valence-corrected chi connectivity index (χ0v) is 12.5. The summed E-state index contributed by atoms with van der Waals surface area (Å²) in [6, 6.07) is 8.96. The minimum atomic E-state index is 0.447. The summed E-state index contributed by atoms with van der Waals surface area (Å²) >= 11 is 0. The molecule has 2 saturated carbocycles. The summed E-state index contributed by atoms with van der Waals surface area (Å²) in [6.45, 7) is 3.89. The van der Waals surface area contributed by atoms with Gasteiger partial charge in [-0.3, -0.25) is 0 Å². The van der Waals surface area contributed by atoms with Crippen LogP contribution in [0.1, 0.15) is 38.2 Å². The van der Waals surface area contributed by atoms with E-state index in [4.69, 9.17) is 9.47 Å². The van der Waals surface area contributed by atoms with Crippen LogP contribution < -0.4 is 10.1 Å². The van der Waals surface area contributed by atoms with E-state index in [0.717, 1.165) is 18.9 Å². The highest BCUT2D eigenvalue weighted by atomic mass is 16.5. The van der Waals surface area contributed by atoms with E-state index in [2.05, 4.69) is 24.4 Å². The summed E-state index contributed by atoms with van der Waals surface area (Å²) in [4.78, 5) is 0. The molecule has 0 aromatic heterocycles. The Balaban J connectivity index is 1.53. The van der Waals surface area contributed by atoms with Crippen molar-refractivity contribution in [3.8, 4) is 5.75 Å². The molecule has 1 aromatic rings. The minimum Gasteiger partial charge on any atom is -0.497 e. The molecule has 0 bridgehead atoms. The molecule has 1 N–H and O–H groups in total. The highest BCUT2D eigenvalue weighted by molar-refractivity contribution is 5.27. The van der Waals surface area contributed by atoms with E-state index in [-0.39, 0.29) is 0 Å². The molecule has 3 nitrogen and oxygen atoms in total. The lowest BCUT2D eigenvalue weighted by Crippen LogP contribution is -2.66. The van der Waals surface area contributed by atoms with Crippen LogP contribution in [-0.4, -0.2) is 25.9 Å². The zero-order chi connectivity index (χ0) is 14.0. The topological polar surface area (TPSA) is 30.5 Å². The fourth-order valence-electron chi connectivity index (χ4n) is 3.71. The van der Waals surface area contributed by atoms with E-state index in [1.807, 2.05) is 12.1 Å². The maximum Gasteiger partial charge on any atom is 0.118 e. The number of hydrogen-bond acceptors (Lipinski definition) is 3. The third-order valence-electron chi connectivity index (χ3n) is 5.15. The predicted molar refractivity (Wildman–Crippen MR) is 79.9 cm³/mol. The van der Waals surface area contributed by atoms with E-state index < -0.39 is 0 Å². The highest BCUT2D eigenvalue weighted by Gasteiger charge is 2.58. The van der Waals surface area contributed by atoms with Gasteiger partial charge in [-0.25, -0.2) is 0 Å². The Hall–Kier alpha value is -1.06. The highest BCUT2D eigenvalue weighted by Crippen LogP contribution is 2.57. The first-order valence-electron chi connectivity index (χ1n) is 7.76. The third-order valence-corrected chi connectivity index (χ3v) is 5.15. The normalized spacial score (nSPS) is 26.9. The molecule has 1 spiro atoms. The van der Waals surface area contributed by atoms with Crippen molar-refractivity contribution in [2.45, 2.75) is 51.3 Å². The predicted octanol–water partition coefficient (Wildman–Crippen LogP) is 3.13. The van der Waals surface area contributed by atoms with E-state index in [9.17, 15) is 0 Å². The second-order valence-electron chi connectivity index (χ2n) is 6.05. The first-order chi connectivity index (χ1) is 9.78. The van der Waals surface area contributed by atoms with Crippen LogP contribution in [0.5, 0.6) is 5.75 Å².